The van der Waals surface area contributed by atoms with Gasteiger partial charge in [-0.15, -0.1) is 10.2 Å². The maximum atomic E-state index is 14.0. The number of pyridine rings is 1. The first-order valence-electron chi connectivity index (χ1n) is 12.6. The largest absolute Gasteiger partial charge is 0.428 e. The molecule has 0 aromatic carbocycles. The van der Waals surface area contributed by atoms with Gasteiger partial charge in [0.2, 0.25) is 12.3 Å². The number of aromatic nitrogens is 3. The standard InChI is InChI=1S/C25H36N6O3/c1-15(2)13-31(20-6-18(10-26-12-20)24-30-28-14-34-24)25(32)23-22(29-19-8-21(9-19)33-3)7-17(11-27-23)16-4-5-16/h7,11,14-16,18-21,26,29H,4-6,8-10,12-13H2,1-3H3/t18-,19?,20+,21?/m1/s1. The van der Waals surface area contributed by atoms with Crippen molar-refractivity contribution < 1.29 is 13.9 Å². The Morgan fingerprint density at radius 1 is 1.26 bits per heavy atom. The lowest BCUT2D eigenvalue weighted by atomic mass is 9.89. The average molecular weight is 469 g/mol. The van der Waals surface area contributed by atoms with Crippen LogP contribution in [-0.4, -0.2) is 70.9 Å². The molecule has 3 aliphatic rings. The Morgan fingerprint density at radius 3 is 2.76 bits per heavy atom. The summed E-state index contributed by atoms with van der Waals surface area (Å²) < 4.78 is 10.9. The van der Waals surface area contributed by atoms with Crippen molar-refractivity contribution in [3.63, 3.8) is 0 Å². The van der Waals surface area contributed by atoms with Crippen molar-refractivity contribution in [2.75, 3.05) is 32.1 Å². The smallest absolute Gasteiger partial charge is 0.274 e. The van der Waals surface area contributed by atoms with Gasteiger partial charge in [0, 0.05) is 45.0 Å². The summed E-state index contributed by atoms with van der Waals surface area (Å²) in [6.45, 7) is 6.47. The van der Waals surface area contributed by atoms with Crippen molar-refractivity contribution in [2.45, 2.75) is 76.0 Å². The zero-order valence-corrected chi connectivity index (χ0v) is 20.4. The Labute approximate surface area is 201 Å². The molecular formula is C25H36N6O3. The lowest BCUT2D eigenvalue weighted by Crippen LogP contribution is -2.52. The minimum absolute atomic E-state index is 0.0147. The summed E-state index contributed by atoms with van der Waals surface area (Å²) >= 11 is 0. The fraction of sp³-hybridized carbons (Fsp3) is 0.680. The number of methoxy groups -OCH3 is 1. The van der Waals surface area contributed by atoms with Crippen molar-refractivity contribution in [1.29, 1.82) is 0 Å². The Kier molecular flexibility index (Phi) is 6.83. The Bertz CT molecular complexity index is 971. The molecule has 9 nitrogen and oxygen atoms in total. The fourth-order valence-electron chi connectivity index (χ4n) is 5.13. The lowest BCUT2D eigenvalue weighted by molar-refractivity contribution is 0.0328. The molecule has 2 N–H and O–H groups in total. The van der Waals surface area contributed by atoms with Gasteiger partial charge < -0.3 is 24.7 Å². The van der Waals surface area contributed by atoms with Crippen LogP contribution in [0.5, 0.6) is 0 Å². The van der Waals surface area contributed by atoms with Crippen molar-refractivity contribution >= 4 is 11.6 Å². The van der Waals surface area contributed by atoms with Crippen molar-refractivity contribution in [3.05, 3.63) is 35.8 Å². The molecule has 0 unspecified atom stereocenters. The molecule has 3 fully saturated rings. The summed E-state index contributed by atoms with van der Waals surface area (Å²) in [6, 6.07) is 2.50. The molecule has 2 atom stereocenters. The van der Waals surface area contributed by atoms with Crippen LogP contribution in [0.4, 0.5) is 5.69 Å². The van der Waals surface area contributed by atoms with Gasteiger partial charge >= 0.3 is 0 Å². The molecule has 2 aromatic rings. The van der Waals surface area contributed by atoms with Crippen molar-refractivity contribution in [3.8, 4) is 0 Å². The van der Waals surface area contributed by atoms with Crippen molar-refractivity contribution in [2.24, 2.45) is 5.92 Å². The van der Waals surface area contributed by atoms with Gasteiger partial charge in [0.05, 0.1) is 17.7 Å². The van der Waals surface area contributed by atoms with E-state index in [0.29, 0.717) is 42.1 Å². The number of piperidine rings is 1. The van der Waals surface area contributed by atoms with Crippen LogP contribution in [0, 0.1) is 5.92 Å². The highest BCUT2D eigenvalue weighted by Gasteiger charge is 2.36. The first-order chi connectivity index (χ1) is 16.5. The molecule has 3 heterocycles. The molecule has 9 heteroatoms. The molecule has 0 radical (unpaired) electrons. The number of rotatable bonds is 9. The second-order valence-corrected chi connectivity index (χ2v) is 10.5. The quantitative estimate of drug-likeness (QED) is 0.578. The molecule has 5 rings (SSSR count). The summed E-state index contributed by atoms with van der Waals surface area (Å²) in [7, 11) is 1.76. The second-order valence-electron chi connectivity index (χ2n) is 10.5. The Balaban J connectivity index is 1.39. The number of nitrogens with one attached hydrogen (secondary N) is 2. The molecular weight excluding hydrogens is 432 g/mol. The van der Waals surface area contributed by atoms with Gasteiger partial charge in [-0.1, -0.05) is 13.8 Å². The van der Waals surface area contributed by atoms with E-state index >= 15 is 0 Å². The number of hydrogen-bond donors (Lipinski definition) is 2. The van der Waals surface area contributed by atoms with E-state index in [-0.39, 0.29) is 17.9 Å². The minimum atomic E-state index is -0.0147. The number of hydrogen-bond acceptors (Lipinski definition) is 8. The Morgan fingerprint density at radius 2 is 2.09 bits per heavy atom. The highest BCUT2D eigenvalue weighted by atomic mass is 16.5. The summed E-state index contributed by atoms with van der Waals surface area (Å²) in [6.07, 6.45) is 8.66. The van der Waals surface area contributed by atoms with Gasteiger partial charge in [-0.05, 0) is 55.6 Å². The van der Waals surface area contributed by atoms with E-state index in [1.807, 2.05) is 11.1 Å². The monoisotopic (exact) mass is 468 g/mol. The molecule has 2 saturated carbocycles. The molecule has 0 bridgehead atoms. The molecule has 1 saturated heterocycles. The number of carbonyl (C=O) groups excluding carboxylic acids is 1. The third-order valence-electron chi connectivity index (χ3n) is 7.26. The van der Waals surface area contributed by atoms with E-state index in [0.717, 1.165) is 38.0 Å². The topological polar surface area (TPSA) is 105 Å². The Hall–Kier alpha value is -2.52. The van der Waals surface area contributed by atoms with E-state index < -0.39 is 0 Å². The number of amides is 1. The van der Waals surface area contributed by atoms with Crippen molar-refractivity contribution in [1.82, 2.24) is 25.4 Å². The summed E-state index contributed by atoms with van der Waals surface area (Å²) in [5.74, 6) is 1.62. The molecule has 0 spiro atoms. The van der Waals surface area contributed by atoms with E-state index in [1.165, 1.54) is 24.8 Å². The third-order valence-corrected chi connectivity index (χ3v) is 7.26. The second kappa shape index (κ2) is 10.00. The van der Waals surface area contributed by atoms with Crippen LogP contribution < -0.4 is 10.6 Å². The van der Waals surface area contributed by atoms with Gasteiger partial charge in [-0.25, -0.2) is 4.98 Å². The lowest BCUT2D eigenvalue weighted by Gasteiger charge is -2.39. The van der Waals surface area contributed by atoms with E-state index in [1.54, 1.807) is 7.11 Å². The molecule has 34 heavy (non-hydrogen) atoms. The number of nitrogens with zero attached hydrogens (tertiary/aromatic N) is 4. The van der Waals surface area contributed by atoms with Crippen LogP contribution in [-0.2, 0) is 4.74 Å². The highest BCUT2D eigenvalue weighted by molar-refractivity contribution is 5.98. The first-order valence-corrected chi connectivity index (χ1v) is 12.6. The maximum Gasteiger partial charge on any atom is 0.274 e. The predicted octanol–water partition coefficient (Wildman–Crippen LogP) is 3.18. The van der Waals surface area contributed by atoms with Gasteiger partial charge in [-0.3, -0.25) is 4.79 Å². The van der Waals surface area contributed by atoms with Crippen LogP contribution in [0.1, 0.15) is 79.7 Å². The minimum Gasteiger partial charge on any atom is -0.428 e. The summed E-state index contributed by atoms with van der Waals surface area (Å²) in [4.78, 5) is 20.8. The molecule has 1 amide bonds. The summed E-state index contributed by atoms with van der Waals surface area (Å²) in [5.41, 5.74) is 2.61. The normalized spacial score (nSPS) is 26.8. The van der Waals surface area contributed by atoms with Crippen LogP contribution in [0.15, 0.2) is 23.1 Å². The molecule has 184 valence electrons. The first kappa shape index (κ1) is 23.2. The highest BCUT2D eigenvalue weighted by Crippen LogP contribution is 2.41. The zero-order chi connectivity index (χ0) is 23.7. The number of ether oxygens (including phenoxy) is 1. The van der Waals surface area contributed by atoms with Crippen LogP contribution in [0.25, 0.3) is 0 Å². The molecule has 2 aliphatic carbocycles. The zero-order valence-electron chi connectivity index (χ0n) is 20.4. The third kappa shape index (κ3) is 5.10. The van der Waals surface area contributed by atoms with Crippen LogP contribution in [0.2, 0.25) is 0 Å². The predicted molar refractivity (Wildman–Crippen MR) is 128 cm³/mol. The fourth-order valence-corrected chi connectivity index (χ4v) is 5.13. The summed E-state index contributed by atoms with van der Waals surface area (Å²) in [5, 5.41) is 15.0. The van der Waals surface area contributed by atoms with E-state index in [9.17, 15) is 4.79 Å². The number of anilines is 1. The van der Waals surface area contributed by atoms with Gasteiger partial charge in [0.15, 0.2) is 5.69 Å². The van der Waals surface area contributed by atoms with Gasteiger partial charge in [-0.2, -0.15) is 0 Å². The van der Waals surface area contributed by atoms with Crippen LogP contribution in [0.3, 0.4) is 0 Å². The maximum absolute atomic E-state index is 14.0. The SMILES string of the molecule is COC1CC(Nc2cc(C3CC3)cnc2C(=O)N(CC(C)C)[C@@H]2CNC[C@H](c3nnco3)C2)C1. The van der Waals surface area contributed by atoms with Gasteiger partial charge in [0.25, 0.3) is 5.91 Å². The molecule has 1 aliphatic heterocycles. The molecule has 2 aromatic heterocycles. The van der Waals surface area contributed by atoms with Gasteiger partial charge in [0.1, 0.15) is 0 Å². The number of carbonyl (C=O) groups is 1. The average Bonchev–Trinajstić information content (AvgIpc) is 3.52. The van der Waals surface area contributed by atoms with E-state index in [4.69, 9.17) is 14.1 Å². The van der Waals surface area contributed by atoms with E-state index in [2.05, 4.69) is 40.7 Å². The van der Waals surface area contributed by atoms with Crippen LogP contribution >= 0.6 is 0 Å².